The Balaban J connectivity index is 1.38. The maximum atomic E-state index is 13.1. The van der Waals surface area contributed by atoms with Crippen LogP contribution in [0.25, 0.3) is 6.08 Å². The van der Waals surface area contributed by atoms with Crippen molar-refractivity contribution >= 4 is 24.0 Å². The van der Waals surface area contributed by atoms with Gasteiger partial charge in [0.15, 0.2) is 5.70 Å². The number of carbonyl (C=O) groups excluding carboxylic acids is 3. The molecule has 0 spiro atoms. The first-order valence-electron chi connectivity index (χ1n) is 11.4. The minimum atomic E-state index is -0.589. The molecule has 2 atom stereocenters. The van der Waals surface area contributed by atoms with Gasteiger partial charge in [-0.05, 0) is 44.6 Å². The van der Waals surface area contributed by atoms with E-state index in [1.54, 1.807) is 32.7 Å². The monoisotopic (exact) mass is 466 g/mol. The minimum absolute atomic E-state index is 0.0873. The van der Waals surface area contributed by atoms with E-state index in [0.29, 0.717) is 19.5 Å². The zero-order valence-electron chi connectivity index (χ0n) is 19.9. The molecule has 0 bridgehead atoms. The highest BCUT2D eigenvalue weighted by Crippen LogP contribution is 2.30. The molecule has 0 radical (unpaired) electrons. The third kappa shape index (κ3) is 5.16. The highest BCUT2D eigenvalue weighted by Gasteiger charge is 2.37. The van der Waals surface area contributed by atoms with Gasteiger partial charge in [-0.1, -0.05) is 18.2 Å². The van der Waals surface area contributed by atoms with Crippen molar-refractivity contribution in [2.75, 3.05) is 33.2 Å². The van der Waals surface area contributed by atoms with E-state index in [1.807, 2.05) is 30.3 Å². The number of amides is 3. The van der Waals surface area contributed by atoms with Crippen LogP contribution >= 0.6 is 0 Å². The van der Waals surface area contributed by atoms with Crippen molar-refractivity contribution in [3.63, 3.8) is 0 Å². The highest BCUT2D eigenvalue weighted by molar-refractivity contribution is 5.95. The Bertz CT molecular complexity index is 1150. The molecule has 10 nitrogen and oxygen atoms in total. The number of hydrogen-bond donors (Lipinski definition) is 1. The number of alkyl carbamates (subject to hydrolysis) is 1. The summed E-state index contributed by atoms with van der Waals surface area (Å²) in [7, 11) is 1.64. The van der Waals surface area contributed by atoms with E-state index in [-0.39, 0.29) is 36.6 Å². The van der Waals surface area contributed by atoms with Crippen molar-refractivity contribution in [2.24, 2.45) is 15.2 Å². The van der Waals surface area contributed by atoms with Gasteiger partial charge in [-0.2, -0.15) is 5.11 Å². The van der Waals surface area contributed by atoms with Crippen LogP contribution in [0.1, 0.15) is 27.2 Å². The maximum absolute atomic E-state index is 13.1. The molecule has 1 N–H and O–H groups in total. The zero-order valence-corrected chi connectivity index (χ0v) is 19.9. The predicted octanol–water partition coefficient (Wildman–Crippen LogP) is 0.773. The van der Waals surface area contributed by atoms with Crippen molar-refractivity contribution in [2.45, 2.75) is 44.9 Å². The molecule has 3 amide bonds. The minimum Gasteiger partial charge on any atom is -0.444 e. The molecule has 0 aliphatic carbocycles. The third-order valence-corrected chi connectivity index (χ3v) is 5.82. The molecular weight excluding hydrogens is 436 g/mol. The number of fused-ring (bicyclic) bond motifs is 2. The van der Waals surface area contributed by atoms with E-state index in [0.717, 1.165) is 16.1 Å². The van der Waals surface area contributed by atoms with Crippen LogP contribution in [0.5, 0.6) is 0 Å². The fourth-order valence-electron chi connectivity index (χ4n) is 4.10. The van der Waals surface area contributed by atoms with Crippen molar-refractivity contribution in [3.8, 4) is 0 Å². The molecule has 1 saturated heterocycles. The number of benzene rings is 1. The normalized spacial score (nSPS) is 20.8. The average Bonchev–Trinajstić information content (AvgIpc) is 3.40. The Hall–Kier alpha value is -3.56. The molecule has 3 aliphatic heterocycles. The summed E-state index contributed by atoms with van der Waals surface area (Å²) in [6.07, 6.45) is 1.96. The largest absolute Gasteiger partial charge is 0.444 e. The number of hydrogen-bond acceptors (Lipinski definition) is 7. The van der Waals surface area contributed by atoms with Gasteiger partial charge in [0.05, 0.1) is 11.4 Å². The van der Waals surface area contributed by atoms with Crippen molar-refractivity contribution in [1.82, 2.24) is 15.1 Å². The lowest BCUT2D eigenvalue weighted by Crippen LogP contribution is -2.45. The molecule has 10 heteroatoms. The maximum Gasteiger partial charge on any atom is 0.407 e. The van der Waals surface area contributed by atoms with Crippen LogP contribution in [0.3, 0.4) is 0 Å². The van der Waals surface area contributed by atoms with Crippen LogP contribution in [0.4, 0.5) is 4.79 Å². The van der Waals surface area contributed by atoms with Gasteiger partial charge in [-0.3, -0.25) is 14.6 Å². The molecule has 0 saturated carbocycles. The van der Waals surface area contributed by atoms with Crippen molar-refractivity contribution < 1.29 is 19.1 Å². The van der Waals surface area contributed by atoms with Gasteiger partial charge in [0, 0.05) is 38.8 Å². The molecule has 3 heterocycles. The Morgan fingerprint density at radius 2 is 2.00 bits per heavy atom. The number of nitrogens with zero attached hydrogens (tertiary/aromatic N) is 5. The summed E-state index contributed by atoms with van der Waals surface area (Å²) in [6.45, 7) is 6.72. The van der Waals surface area contributed by atoms with Crippen LogP contribution < -0.4 is 15.9 Å². The standard InChI is InChI=1S/C24H30N6O4/c1-24(2,3)34-23(33)25-10-12-29(4)22(32)20-16-14-30(11-9-18(16)27-28-20)21(31)19-13-15-7-5-6-8-17(15)26-19/h5-8,13,18-19H,9-12,14H2,1-4H3,(H,25,33). The summed E-state index contributed by atoms with van der Waals surface area (Å²) < 4.78 is 5.20. The number of nitrogens with one attached hydrogen (secondary N) is 1. The number of likely N-dealkylation sites (tertiary alicyclic amines) is 1. The van der Waals surface area contributed by atoms with Crippen molar-refractivity contribution in [1.29, 1.82) is 0 Å². The van der Waals surface area contributed by atoms with Gasteiger partial charge in [0.25, 0.3) is 11.8 Å². The zero-order chi connectivity index (χ0) is 24.5. The highest BCUT2D eigenvalue weighted by atomic mass is 16.6. The Morgan fingerprint density at radius 3 is 2.74 bits per heavy atom. The van der Waals surface area contributed by atoms with E-state index in [9.17, 15) is 14.4 Å². The van der Waals surface area contributed by atoms with E-state index >= 15 is 0 Å². The number of piperidine rings is 1. The van der Waals surface area contributed by atoms with Crippen LogP contribution in [0.15, 0.2) is 50.8 Å². The SMILES string of the molecule is CN(CCNC(=O)OC(C)(C)C)C(=O)C1=C2CN(C(=O)C3C=c4ccccc4=N3)CCC2N=N1. The molecule has 3 aliphatic rings. The molecule has 0 aromatic heterocycles. The quantitative estimate of drug-likeness (QED) is 0.690. The smallest absolute Gasteiger partial charge is 0.407 e. The fraction of sp³-hybridized carbons (Fsp3) is 0.500. The van der Waals surface area contributed by atoms with E-state index < -0.39 is 17.7 Å². The van der Waals surface area contributed by atoms with Crippen LogP contribution in [-0.4, -0.2) is 78.6 Å². The molecular formula is C24H30N6O4. The van der Waals surface area contributed by atoms with Gasteiger partial charge in [0.1, 0.15) is 11.6 Å². The molecule has 2 unspecified atom stereocenters. The first-order chi connectivity index (χ1) is 16.1. The number of carbonyl (C=O) groups is 3. The summed E-state index contributed by atoms with van der Waals surface area (Å²) in [6, 6.07) is 6.93. The van der Waals surface area contributed by atoms with E-state index in [1.165, 1.54) is 4.90 Å². The second-order valence-electron chi connectivity index (χ2n) is 9.61. The van der Waals surface area contributed by atoms with Crippen molar-refractivity contribution in [3.05, 3.63) is 46.1 Å². The number of para-hydroxylation sites is 1. The van der Waals surface area contributed by atoms with Gasteiger partial charge < -0.3 is 19.9 Å². The molecule has 34 heavy (non-hydrogen) atoms. The Labute approximate surface area is 198 Å². The van der Waals surface area contributed by atoms with E-state index in [4.69, 9.17) is 4.74 Å². The van der Waals surface area contributed by atoms with Gasteiger partial charge >= 0.3 is 6.09 Å². The molecule has 1 fully saturated rings. The van der Waals surface area contributed by atoms with Crippen LogP contribution in [0.2, 0.25) is 0 Å². The van der Waals surface area contributed by atoms with Gasteiger partial charge in [-0.25, -0.2) is 4.79 Å². The lowest BCUT2D eigenvalue weighted by Gasteiger charge is -2.31. The average molecular weight is 467 g/mol. The molecule has 1 aromatic carbocycles. The summed E-state index contributed by atoms with van der Waals surface area (Å²) in [4.78, 5) is 45.7. The van der Waals surface area contributed by atoms with Gasteiger partial charge in [-0.15, -0.1) is 5.11 Å². The second-order valence-corrected chi connectivity index (χ2v) is 9.61. The number of azo groups is 1. The van der Waals surface area contributed by atoms with Crippen LogP contribution in [0, 0.1) is 0 Å². The van der Waals surface area contributed by atoms with Gasteiger partial charge in [0.2, 0.25) is 0 Å². The second kappa shape index (κ2) is 9.36. The fourth-order valence-corrected chi connectivity index (χ4v) is 4.10. The lowest BCUT2D eigenvalue weighted by molar-refractivity contribution is -0.131. The number of likely N-dealkylation sites (N-methyl/N-ethyl adjacent to an activating group) is 1. The first-order valence-corrected chi connectivity index (χ1v) is 11.4. The summed E-state index contributed by atoms with van der Waals surface area (Å²) >= 11 is 0. The Kier molecular flexibility index (Phi) is 6.49. The molecule has 1 aromatic rings. The first kappa shape index (κ1) is 23.6. The number of rotatable bonds is 5. The summed E-state index contributed by atoms with van der Waals surface area (Å²) in [5.74, 6) is -0.373. The van der Waals surface area contributed by atoms with E-state index in [2.05, 4.69) is 20.5 Å². The topological polar surface area (TPSA) is 116 Å². The molecule has 4 rings (SSSR count). The predicted molar refractivity (Wildman–Crippen MR) is 124 cm³/mol. The lowest BCUT2D eigenvalue weighted by atomic mass is 9.97. The Morgan fingerprint density at radius 1 is 1.24 bits per heavy atom. The summed E-state index contributed by atoms with van der Waals surface area (Å²) in [5.41, 5.74) is 0.443. The summed E-state index contributed by atoms with van der Waals surface area (Å²) in [5, 5.41) is 12.8. The number of ether oxygens (including phenoxy) is 1. The van der Waals surface area contributed by atoms with Crippen LogP contribution in [-0.2, 0) is 14.3 Å². The molecule has 180 valence electrons. The third-order valence-electron chi connectivity index (χ3n) is 5.82.